The monoisotopic (exact) mass is 204 g/mol. The summed E-state index contributed by atoms with van der Waals surface area (Å²) in [7, 11) is 0. The molecule has 1 aliphatic rings. The smallest absolute Gasteiger partial charge is 0.0368 e. The molecule has 0 radical (unpaired) electrons. The summed E-state index contributed by atoms with van der Waals surface area (Å²) in [6.07, 6.45) is 3.70. The van der Waals surface area contributed by atoms with Gasteiger partial charge in [-0.1, -0.05) is 12.1 Å². The van der Waals surface area contributed by atoms with E-state index in [1.807, 2.05) is 0 Å². The summed E-state index contributed by atoms with van der Waals surface area (Å²) in [6, 6.07) is 9.66. The summed E-state index contributed by atoms with van der Waals surface area (Å²) in [6.45, 7) is 4.08. The summed E-state index contributed by atoms with van der Waals surface area (Å²) in [5.74, 6) is 0. The maximum absolute atomic E-state index is 5.53. The van der Waals surface area contributed by atoms with Crippen molar-refractivity contribution in [2.24, 2.45) is 5.73 Å². The van der Waals surface area contributed by atoms with Crippen molar-refractivity contribution >= 4 is 5.69 Å². The van der Waals surface area contributed by atoms with Crippen molar-refractivity contribution in [1.29, 1.82) is 0 Å². The minimum absolute atomic E-state index is 0.736. The van der Waals surface area contributed by atoms with Crippen LogP contribution in [-0.2, 0) is 6.42 Å². The lowest BCUT2D eigenvalue weighted by Gasteiger charge is -2.22. The van der Waals surface area contributed by atoms with Gasteiger partial charge in [0, 0.05) is 18.3 Å². The molecule has 15 heavy (non-hydrogen) atoms. The molecule has 1 aromatic rings. The fourth-order valence-electron chi connectivity index (χ4n) is 2.06. The molecule has 0 amide bonds. The maximum atomic E-state index is 5.53. The van der Waals surface area contributed by atoms with Crippen LogP contribution in [0.15, 0.2) is 24.3 Å². The molecule has 2 nitrogen and oxygen atoms in total. The first-order valence-corrected chi connectivity index (χ1v) is 5.90. The molecular formula is C13H20N2. The first kappa shape index (κ1) is 10.5. The van der Waals surface area contributed by atoms with E-state index in [1.165, 1.54) is 24.1 Å². The third-order valence-electron chi connectivity index (χ3n) is 3.03. The van der Waals surface area contributed by atoms with Crippen LogP contribution in [0.5, 0.6) is 0 Å². The van der Waals surface area contributed by atoms with Crippen molar-refractivity contribution < 1.29 is 0 Å². The molecule has 1 saturated carbocycles. The number of nitrogens with zero attached hydrogens (tertiary/aromatic N) is 1. The number of benzene rings is 1. The van der Waals surface area contributed by atoms with Gasteiger partial charge in [0.15, 0.2) is 0 Å². The van der Waals surface area contributed by atoms with E-state index >= 15 is 0 Å². The molecule has 0 atom stereocenters. The van der Waals surface area contributed by atoms with Crippen LogP contribution in [0.25, 0.3) is 0 Å². The predicted octanol–water partition coefficient (Wildman–Crippen LogP) is 2.18. The fraction of sp³-hybridized carbons (Fsp3) is 0.538. The van der Waals surface area contributed by atoms with Gasteiger partial charge in [0.1, 0.15) is 0 Å². The Morgan fingerprint density at radius 1 is 1.27 bits per heavy atom. The lowest BCUT2D eigenvalue weighted by molar-refractivity contribution is 0.825. The standard InChI is InChI=1S/C13H20N2/c1-2-15(13-7-8-13)12-5-3-11(4-6-12)9-10-14/h3-6,13H,2,7-10,14H2,1H3. The zero-order chi connectivity index (χ0) is 10.7. The molecule has 0 heterocycles. The van der Waals surface area contributed by atoms with Gasteiger partial charge in [-0.25, -0.2) is 0 Å². The minimum atomic E-state index is 0.736. The Bertz CT molecular complexity index is 301. The minimum Gasteiger partial charge on any atom is -0.369 e. The van der Waals surface area contributed by atoms with E-state index in [9.17, 15) is 0 Å². The summed E-state index contributed by atoms with van der Waals surface area (Å²) < 4.78 is 0. The largest absolute Gasteiger partial charge is 0.369 e. The SMILES string of the molecule is CCN(c1ccc(CCN)cc1)C1CC1. The van der Waals surface area contributed by atoms with E-state index < -0.39 is 0 Å². The van der Waals surface area contributed by atoms with E-state index in [4.69, 9.17) is 5.73 Å². The third-order valence-corrected chi connectivity index (χ3v) is 3.03. The van der Waals surface area contributed by atoms with E-state index in [2.05, 4.69) is 36.1 Å². The third kappa shape index (κ3) is 2.51. The van der Waals surface area contributed by atoms with E-state index in [1.54, 1.807) is 0 Å². The number of hydrogen-bond donors (Lipinski definition) is 1. The predicted molar refractivity (Wildman–Crippen MR) is 65.2 cm³/mol. The average Bonchev–Trinajstić information content (AvgIpc) is 3.06. The van der Waals surface area contributed by atoms with Crippen LogP contribution in [0.1, 0.15) is 25.3 Å². The summed E-state index contributed by atoms with van der Waals surface area (Å²) in [4.78, 5) is 2.49. The fourth-order valence-corrected chi connectivity index (χ4v) is 2.06. The van der Waals surface area contributed by atoms with Gasteiger partial charge in [-0.2, -0.15) is 0 Å². The Labute approximate surface area is 92.1 Å². The van der Waals surface area contributed by atoms with Gasteiger partial charge < -0.3 is 10.6 Å². The van der Waals surface area contributed by atoms with Crippen LogP contribution in [0.3, 0.4) is 0 Å². The van der Waals surface area contributed by atoms with Crippen LogP contribution in [-0.4, -0.2) is 19.1 Å². The Morgan fingerprint density at radius 3 is 2.40 bits per heavy atom. The maximum Gasteiger partial charge on any atom is 0.0368 e. The van der Waals surface area contributed by atoms with Gasteiger partial charge in [0.2, 0.25) is 0 Å². The molecule has 0 bridgehead atoms. The molecule has 0 unspecified atom stereocenters. The van der Waals surface area contributed by atoms with Gasteiger partial charge in [-0.3, -0.25) is 0 Å². The van der Waals surface area contributed by atoms with Crippen molar-refractivity contribution in [1.82, 2.24) is 0 Å². The van der Waals surface area contributed by atoms with Crippen LogP contribution < -0.4 is 10.6 Å². The van der Waals surface area contributed by atoms with Crippen molar-refractivity contribution in [2.75, 3.05) is 18.0 Å². The molecule has 1 aromatic carbocycles. The molecule has 1 fully saturated rings. The highest BCUT2D eigenvalue weighted by Gasteiger charge is 2.27. The number of nitrogens with two attached hydrogens (primary N) is 1. The van der Waals surface area contributed by atoms with Crippen molar-refractivity contribution in [3.05, 3.63) is 29.8 Å². The van der Waals surface area contributed by atoms with Gasteiger partial charge in [-0.15, -0.1) is 0 Å². The Kier molecular flexibility index (Phi) is 3.27. The van der Waals surface area contributed by atoms with E-state index in [0.29, 0.717) is 0 Å². The van der Waals surface area contributed by atoms with E-state index in [0.717, 1.165) is 25.6 Å². The zero-order valence-corrected chi connectivity index (χ0v) is 9.45. The molecule has 1 aliphatic carbocycles. The van der Waals surface area contributed by atoms with Crippen LogP contribution >= 0.6 is 0 Å². The Hall–Kier alpha value is -1.02. The second kappa shape index (κ2) is 4.67. The van der Waals surface area contributed by atoms with Crippen molar-refractivity contribution in [2.45, 2.75) is 32.2 Å². The zero-order valence-electron chi connectivity index (χ0n) is 9.45. The normalized spacial score (nSPS) is 15.3. The second-order valence-electron chi connectivity index (χ2n) is 4.22. The Balaban J connectivity index is 2.07. The second-order valence-corrected chi connectivity index (χ2v) is 4.22. The number of anilines is 1. The molecule has 0 saturated heterocycles. The molecule has 2 N–H and O–H groups in total. The van der Waals surface area contributed by atoms with Gasteiger partial charge in [0.05, 0.1) is 0 Å². The topological polar surface area (TPSA) is 29.3 Å². The number of rotatable bonds is 5. The lowest BCUT2D eigenvalue weighted by atomic mass is 10.1. The highest BCUT2D eigenvalue weighted by Crippen LogP contribution is 2.31. The first-order valence-electron chi connectivity index (χ1n) is 5.90. The number of hydrogen-bond acceptors (Lipinski definition) is 2. The first-order chi connectivity index (χ1) is 7.35. The van der Waals surface area contributed by atoms with E-state index in [-0.39, 0.29) is 0 Å². The highest BCUT2D eigenvalue weighted by molar-refractivity contribution is 5.49. The summed E-state index contributed by atoms with van der Waals surface area (Å²) >= 11 is 0. The molecule has 0 aromatic heterocycles. The average molecular weight is 204 g/mol. The van der Waals surface area contributed by atoms with Crippen molar-refractivity contribution in [3.8, 4) is 0 Å². The molecular weight excluding hydrogens is 184 g/mol. The van der Waals surface area contributed by atoms with Gasteiger partial charge in [-0.05, 0) is 50.4 Å². The Morgan fingerprint density at radius 2 is 1.93 bits per heavy atom. The highest BCUT2D eigenvalue weighted by atomic mass is 15.2. The molecule has 82 valence electrons. The molecule has 2 heteroatoms. The van der Waals surface area contributed by atoms with Crippen molar-refractivity contribution in [3.63, 3.8) is 0 Å². The van der Waals surface area contributed by atoms with Crippen LogP contribution in [0, 0.1) is 0 Å². The summed E-state index contributed by atoms with van der Waals surface area (Å²) in [5, 5.41) is 0. The molecule has 0 aliphatic heterocycles. The van der Waals surface area contributed by atoms with Crippen LogP contribution in [0.4, 0.5) is 5.69 Å². The lowest BCUT2D eigenvalue weighted by Crippen LogP contribution is -2.24. The van der Waals surface area contributed by atoms with Gasteiger partial charge in [0.25, 0.3) is 0 Å². The summed E-state index contributed by atoms with van der Waals surface area (Å²) in [5.41, 5.74) is 8.24. The molecule has 0 spiro atoms. The van der Waals surface area contributed by atoms with Crippen LogP contribution in [0.2, 0.25) is 0 Å². The quantitative estimate of drug-likeness (QED) is 0.796. The molecule has 2 rings (SSSR count). The van der Waals surface area contributed by atoms with Gasteiger partial charge >= 0.3 is 0 Å².